The second-order valence-electron chi connectivity index (χ2n) is 5.59. The summed E-state index contributed by atoms with van der Waals surface area (Å²) < 4.78 is 7.07. The fraction of sp³-hybridized carbons (Fsp3) is 0.688. The van der Waals surface area contributed by atoms with E-state index in [9.17, 15) is 4.79 Å². The number of aromatic nitrogens is 1. The number of carbonyl (C=O) groups is 1. The van der Waals surface area contributed by atoms with E-state index >= 15 is 0 Å². The largest absolute Gasteiger partial charge is 0.383 e. The molecule has 2 rings (SSSR count). The summed E-state index contributed by atoms with van der Waals surface area (Å²) in [6.07, 6.45) is 6.78. The van der Waals surface area contributed by atoms with Gasteiger partial charge in [0.05, 0.1) is 6.61 Å². The number of amides is 1. The molecule has 1 aromatic rings. The number of nitrogens with one attached hydrogen (secondary N) is 1. The van der Waals surface area contributed by atoms with Gasteiger partial charge in [-0.1, -0.05) is 12.8 Å². The Hall–Kier alpha value is -1.33. The molecule has 1 aromatic heterocycles. The molecule has 0 saturated carbocycles. The zero-order valence-corrected chi connectivity index (χ0v) is 13.0. The Bertz CT molecular complexity index is 423. The van der Waals surface area contributed by atoms with Gasteiger partial charge in [0.25, 0.3) is 0 Å². The van der Waals surface area contributed by atoms with Crippen molar-refractivity contribution in [1.29, 1.82) is 0 Å². The number of nitrogens with zero attached hydrogens (tertiary/aromatic N) is 2. The second-order valence-corrected chi connectivity index (χ2v) is 5.59. The highest BCUT2D eigenvalue weighted by molar-refractivity contribution is 5.76. The first-order chi connectivity index (χ1) is 10.3. The lowest BCUT2D eigenvalue weighted by Gasteiger charge is -2.21. The van der Waals surface area contributed by atoms with E-state index in [1.54, 1.807) is 7.11 Å². The third-order valence-electron chi connectivity index (χ3n) is 3.98. The van der Waals surface area contributed by atoms with Crippen molar-refractivity contribution in [3.05, 3.63) is 24.0 Å². The summed E-state index contributed by atoms with van der Waals surface area (Å²) in [5, 5.41) is 3.32. The van der Waals surface area contributed by atoms with Gasteiger partial charge in [0.15, 0.2) is 0 Å². The lowest BCUT2D eigenvalue weighted by Crippen LogP contribution is -2.35. The Balaban J connectivity index is 1.84. The highest BCUT2D eigenvalue weighted by atomic mass is 16.5. The van der Waals surface area contributed by atoms with Crippen LogP contribution in [0.1, 0.15) is 31.4 Å². The molecule has 21 heavy (non-hydrogen) atoms. The zero-order valence-electron chi connectivity index (χ0n) is 13.0. The van der Waals surface area contributed by atoms with Gasteiger partial charge in [0.2, 0.25) is 5.91 Å². The number of hydrogen-bond donors (Lipinski definition) is 1. The van der Waals surface area contributed by atoms with Gasteiger partial charge in [0, 0.05) is 45.2 Å². The molecule has 0 aromatic carbocycles. The van der Waals surface area contributed by atoms with Crippen LogP contribution in [-0.4, -0.2) is 48.7 Å². The molecule has 2 heterocycles. The van der Waals surface area contributed by atoms with Crippen LogP contribution in [0.4, 0.5) is 0 Å². The van der Waals surface area contributed by atoms with Gasteiger partial charge < -0.3 is 19.5 Å². The van der Waals surface area contributed by atoms with Crippen molar-refractivity contribution in [1.82, 2.24) is 14.8 Å². The molecule has 1 N–H and O–H groups in total. The minimum Gasteiger partial charge on any atom is -0.383 e. The summed E-state index contributed by atoms with van der Waals surface area (Å²) in [6, 6.07) is 4.07. The number of methoxy groups -OCH3 is 1. The van der Waals surface area contributed by atoms with Gasteiger partial charge in [-0.05, 0) is 25.0 Å². The number of likely N-dealkylation sites (tertiary alicyclic amines) is 1. The number of hydrogen-bond acceptors (Lipinski definition) is 3. The predicted octanol–water partition coefficient (Wildman–Crippen LogP) is 1.63. The van der Waals surface area contributed by atoms with Crippen LogP contribution < -0.4 is 5.32 Å². The molecule has 5 heteroatoms. The van der Waals surface area contributed by atoms with Gasteiger partial charge in [0.1, 0.15) is 6.54 Å². The highest BCUT2D eigenvalue weighted by Gasteiger charge is 2.16. The molecule has 0 spiro atoms. The van der Waals surface area contributed by atoms with Crippen molar-refractivity contribution >= 4 is 5.91 Å². The van der Waals surface area contributed by atoms with Crippen molar-refractivity contribution in [2.75, 3.05) is 33.4 Å². The van der Waals surface area contributed by atoms with Gasteiger partial charge >= 0.3 is 0 Å². The van der Waals surface area contributed by atoms with E-state index in [1.165, 1.54) is 12.8 Å². The van der Waals surface area contributed by atoms with Crippen LogP contribution in [0.3, 0.4) is 0 Å². The van der Waals surface area contributed by atoms with E-state index in [0.717, 1.165) is 44.7 Å². The average Bonchev–Trinajstić information content (AvgIpc) is 2.76. The maximum atomic E-state index is 12.4. The highest BCUT2D eigenvalue weighted by Crippen LogP contribution is 2.11. The molecule has 0 radical (unpaired) electrons. The summed E-state index contributed by atoms with van der Waals surface area (Å²) in [4.78, 5) is 14.4. The molecule has 0 aliphatic carbocycles. The van der Waals surface area contributed by atoms with E-state index in [2.05, 4.69) is 11.4 Å². The minimum absolute atomic E-state index is 0.242. The average molecular weight is 293 g/mol. The first kappa shape index (κ1) is 16.0. The molecule has 1 aliphatic heterocycles. The van der Waals surface area contributed by atoms with E-state index < -0.39 is 0 Å². The van der Waals surface area contributed by atoms with E-state index in [0.29, 0.717) is 13.2 Å². The quantitative estimate of drug-likeness (QED) is 0.777. The van der Waals surface area contributed by atoms with Gasteiger partial charge in [-0.25, -0.2) is 0 Å². The smallest absolute Gasteiger partial charge is 0.242 e. The molecule has 1 amide bonds. The predicted molar refractivity (Wildman–Crippen MR) is 83.1 cm³/mol. The molecule has 0 unspecified atom stereocenters. The van der Waals surface area contributed by atoms with Crippen LogP contribution in [0.5, 0.6) is 0 Å². The zero-order chi connectivity index (χ0) is 14.9. The van der Waals surface area contributed by atoms with Crippen LogP contribution >= 0.6 is 0 Å². The van der Waals surface area contributed by atoms with E-state index in [1.807, 2.05) is 21.7 Å². The van der Waals surface area contributed by atoms with Crippen LogP contribution in [0.2, 0.25) is 0 Å². The van der Waals surface area contributed by atoms with E-state index in [-0.39, 0.29) is 5.91 Å². The van der Waals surface area contributed by atoms with Crippen LogP contribution in [0, 0.1) is 0 Å². The molecule has 5 nitrogen and oxygen atoms in total. The van der Waals surface area contributed by atoms with Gasteiger partial charge in [-0.2, -0.15) is 0 Å². The summed E-state index contributed by atoms with van der Waals surface area (Å²) in [5.74, 6) is 0.242. The number of rotatable bonds is 7. The first-order valence-electron chi connectivity index (χ1n) is 7.92. The van der Waals surface area contributed by atoms with Crippen molar-refractivity contribution in [2.45, 2.75) is 38.8 Å². The molecular weight excluding hydrogens is 266 g/mol. The Kier molecular flexibility index (Phi) is 6.76. The SMILES string of the molecule is COCCNCc1cccn1CC(=O)N1CCCCCC1. The molecule has 1 fully saturated rings. The molecular formula is C16H27N3O2. The Morgan fingerprint density at radius 2 is 2.05 bits per heavy atom. The normalized spacial score (nSPS) is 16.0. The first-order valence-corrected chi connectivity index (χ1v) is 7.92. The summed E-state index contributed by atoms with van der Waals surface area (Å²) in [7, 11) is 1.70. The molecule has 0 atom stereocenters. The van der Waals surface area contributed by atoms with Gasteiger partial charge in [-0.3, -0.25) is 4.79 Å². The van der Waals surface area contributed by atoms with Crippen molar-refractivity contribution in [3.63, 3.8) is 0 Å². The van der Waals surface area contributed by atoms with Crippen LogP contribution in [-0.2, 0) is 22.6 Å². The minimum atomic E-state index is 0.242. The van der Waals surface area contributed by atoms with Crippen LogP contribution in [0.25, 0.3) is 0 Å². The fourth-order valence-electron chi connectivity index (χ4n) is 2.72. The Morgan fingerprint density at radius 3 is 2.76 bits per heavy atom. The maximum Gasteiger partial charge on any atom is 0.242 e. The monoisotopic (exact) mass is 293 g/mol. The van der Waals surface area contributed by atoms with Crippen molar-refractivity contribution in [2.24, 2.45) is 0 Å². The summed E-state index contributed by atoms with van der Waals surface area (Å²) in [6.45, 7) is 4.58. The third kappa shape index (κ3) is 5.17. The lowest BCUT2D eigenvalue weighted by atomic mass is 10.2. The maximum absolute atomic E-state index is 12.4. The standard InChI is InChI=1S/C16H27N3O2/c1-21-12-8-17-13-15-7-6-11-19(15)14-16(20)18-9-4-2-3-5-10-18/h6-7,11,17H,2-5,8-10,12-14H2,1H3. The number of carbonyl (C=O) groups excluding carboxylic acids is 1. The molecule has 1 aliphatic rings. The number of ether oxygens (including phenoxy) is 1. The fourth-order valence-corrected chi connectivity index (χ4v) is 2.72. The summed E-state index contributed by atoms with van der Waals surface area (Å²) >= 11 is 0. The molecule has 1 saturated heterocycles. The topological polar surface area (TPSA) is 46.5 Å². The van der Waals surface area contributed by atoms with Gasteiger partial charge in [-0.15, -0.1) is 0 Å². The third-order valence-corrected chi connectivity index (χ3v) is 3.98. The lowest BCUT2D eigenvalue weighted by molar-refractivity contribution is -0.131. The Labute approximate surface area is 127 Å². The molecule has 0 bridgehead atoms. The van der Waals surface area contributed by atoms with Crippen molar-refractivity contribution in [3.8, 4) is 0 Å². The summed E-state index contributed by atoms with van der Waals surface area (Å²) in [5.41, 5.74) is 1.15. The Morgan fingerprint density at radius 1 is 1.29 bits per heavy atom. The van der Waals surface area contributed by atoms with E-state index in [4.69, 9.17) is 4.74 Å². The van der Waals surface area contributed by atoms with Crippen molar-refractivity contribution < 1.29 is 9.53 Å². The molecule has 118 valence electrons. The second kappa shape index (κ2) is 8.85. The van der Waals surface area contributed by atoms with Crippen LogP contribution in [0.15, 0.2) is 18.3 Å².